The van der Waals surface area contributed by atoms with E-state index in [0.29, 0.717) is 36.8 Å². The molecule has 9 nitrogen and oxygen atoms in total. The lowest BCUT2D eigenvalue weighted by Gasteiger charge is -2.25. The summed E-state index contributed by atoms with van der Waals surface area (Å²) in [6, 6.07) is 12.3. The van der Waals surface area contributed by atoms with Crippen LogP contribution in [0.15, 0.2) is 42.5 Å². The van der Waals surface area contributed by atoms with E-state index in [4.69, 9.17) is 9.47 Å². The number of amides is 4. The Morgan fingerprint density at radius 2 is 1.94 bits per heavy atom. The Morgan fingerprint density at radius 1 is 1.18 bits per heavy atom. The van der Waals surface area contributed by atoms with Crippen molar-refractivity contribution < 1.29 is 23.9 Å². The van der Waals surface area contributed by atoms with E-state index in [1.165, 1.54) is 16.2 Å². The number of para-hydroxylation sites is 1. The number of likely N-dealkylation sites (N-methyl/N-ethyl adjacent to an activating group) is 1. The summed E-state index contributed by atoms with van der Waals surface area (Å²) >= 11 is 1.51. The lowest BCUT2D eigenvalue weighted by atomic mass is 9.91. The van der Waals surface area contributed by atoms with Gasteiger partial charge in [0.15, 0.2) is 11.5 Å². The second-order valence-corrected chi connectivity index (χ2v) is 9.25. The predicted octanol–water partition coefficient (Wildman–Crippen LogP) is 2.49. The van der Waals surface area contributed by atoms with Crippen molar-refractivity contribution in [1.82, 2.24) is 20.1 Å². The van der Waals surface area contributed by atoms with Crippen LogP contribution in [0.2, 0.25) is 0 Å². The van der Waals surface area contributed by atoms with Crippen molar-refractivity contribution in [2.24, 2.45) is 0 Å². The first-order valence-electron chi connectivity index (χ1n) is 10.5. The Labute approximate surface area is 193 Å². The molecule has 3 aromatic rings. The predicted molar refractivity (Wildman–Crippen MR) is 121 cm³/mol. The molecule has 4 amide bonds. The van der Waals surface area contributed by atoms with Gasteiger partial charge >= 0.3 is 6.03 Å². The van der Waals surface area contributed by atoms with Crippen molar-refractivity contribution in [1.29, 1.82) is 0 Å². The van der Waals surface area contributed by atoms with Crippen LogP contribution in [-0.4, -0.2) is 59.4 Å². The first kappa shape index (κ1) is 21.2. The summed E-state index contributed by atoms with van der Waals surface area (Å²) < 4.78 is 12.2. The third-order valence-corrected chi connectivity index (χ3v) is 6.85. The van der Waals surface area contributed by atoms with Gasteiger partial charge in [-0.3, -0.25) is 14.5 Å². The van der Waals surface area contributed by atoms with Crippen LogP contribution < -0.4 is 14.8 Å². The molecule has 0 bridgehead atoms. The van der Waals surface area contributed by atoms with Crippen LogP contribution in [0.5, 0.6) is 11.5 Å². The molecule has 5 rings (SSSR count). The van der Waals surface area contributed by atoms with E-state index < -0.39 is 17.5 Å². The van der Waals surface area contributed by atoms with Gasteiger partial charge in [-0.2, -0.15) is 0 Å². The number of thiazole rings is 1. The monoisotopic (exact) mass is 466 g/mol. The van der Waals surface area contributed by atoms with E-state index in [0.717, 1.165) is 20.1 Å². The van der Waals surface area contributed by atoms with E-state index in [1.54, 1.807) is 32.2 Å². The molecule has 3 heterocycles. The van der Waals surface area contributed by atoms with Crippen LogP contribution >= 0.6 is 11.3 Å². The molecular formula is C23H22N4O5S. The Bertz CT molecular complexity index is 1240. The van der Waals surface area contributed by atoms with Crippen LogP contribution in [0.4, 0.5) is 4.79 Å². The van der Waals surface area contributed by atoms with Crippen molar-refractivity contribution >= 4 is 39.4 Å². The maximum atomic E-state index is 13.2. The highest BCUT2D eigenvalue weighted by atomic mass is 32.1. The topological polar surface area (TPSA) is 101 Å². The largest absolute Gasteiger partial charge is 0.486 e. The molecule has 10 heteroatoms. The van der Waals surface area contributed by atoms with Gasteiger partial charge < -0.3 is 19.7 Å². The van der Waals surface area contributed by atoms with Gasteiger partial charge in [0.05, 0.1) is 16.8 Å². The quantitative estimate of drug-likeness (QED) is 0.580. The number of carbonyl (C=O) groups is 3. The number of nitrogens with one attached hydrogen (secondary N) is 1. The van der Waals surface area contributed by atoms with Crippen molar-refractivity contribution in [3.8, 4) is 11.5 Å². The number of imide groups is 1. The van der Waals surface area contributed by atoms with Gasteiger partial charge in [-0.1, -0.05) is 18.2 Å². The number of benzene rings is 2. The SMILES string of the molecule is CN(Cc1nc2ccccc2s1)C(=O)CN1C(=O)N[C@@](C)(c2ccc3c(c2)OCCO3)C1=O. The normalized spacial score (nSPS) is 19.6. The Morgan fingerprint density at radius 3 is 2.73 bits per heavy atom. The van der Waals surface area contributed by atoms with Crippen LogP contribution in [0.25, 0.3) is 10.2 Å². The smallest absolute Gasteiger partial charge is 0.325 e. The lowest BCUT2D eigenvalue weighted by Crippen LogP contribution is -2.43. The minimum atomic E-state index is -1.31. The van der Waals surface area contributed by atoms with Gasteiger partial charge in [0.2, 0.25) is 5.91 Å². The van der Waals surface area contributed by atoms with E-state index in [1.807, 2.05) is 24.3 Å². The van der Waals surface area contributed by atoms with Crippen LogP contribution in [0, 0.1) is 0 Å². The van der Waals surface area contributed by atoms with Crippen molar-refractivity contribution in [2.45, 2.75) is 19.0 Å². The fourth-order valence-corrected chi connectivity index (χ4v) is 4.95. The average Bonchev–Trinajstić information content (AvgIpc) is 3.32. The number of rotatable bonds is 5. The minimum Gasteiger partial charge on any atom is -0.486 e. The summed E-state index contributed by atoms with van der Waals surface area (Å²) in [5.41, 5.74) is 0.129. The number of hydrogen-bond donors (Lipinski definition) is 1. The summed E-state index contributed by atoms with van der Waals surface area (Å²) in [6.45, 7) is 2.43. The standard InChI is InChI=1S/C23H22N4O5S/c1-23(14-7-8-16-17(11-14)32-10-9-31-16)21(29)27(22(30)25-23)13-20(28)26(2)12-19-24-15-5-3-4-6-18(15)33-19/h3-8,11H,9-10,12-13H2,1-2H3,(H,25,30)/t23-/m0/s1. The second kappa shape index (κ2) is 8.04. The molecule has 170 valence electrons. The van der Waals surface area contributed by atoms with Crippen LogP contribution in [0.1, 0.15) is 17.5 Å². The molecule has 2 aromatic carbocycles. The summed E-state index contributed by atoms with van der Waals surface area (Å²) in [5, 5.41) is 3.51. The maximum Gasteiger partial charge on any atom is 0.325 e. The molecule has 1 N–H and O–H groups in total. The highest BCUT2D eigenvalue weighted by Crippen LogP contribution is 2.36. The molecule has 0 spiro atoms. The average molecular weight is 467 g/mol. The van der Waals surface area contributed by atoms with Crippen LogP contribution in [0.3, 0.4) is 0 Å². The van der Waals surface area contributed by atoms with Gasteiger partial charge in [-0.15, -0.1) is 11.3 Å². The molecule has 0 radical (unpaired) electrons. The Hall–Kier alpha value is -3.66. The molecule has 1 fully saturated rings. The summed E-state index contributed by atoms with van der Waals surface area (Å²) in [5.74, 6) is 0.260. The molecular weight excluding hydrogens is 444 g/mol. The van der Waals surface area contributed by atoms with Gasteiger partial charge in [0.1, 0.15) is 30.3 Å². The zero-order chi connectivity index (χ0) is 23.2. The zero-order valence-corrected chi connectivity index (χ0v) is 19.0. The maximum absolute atomic E-state index is 13.2. The number of carbonyl (C=O) groups excluding carboxylic acids is 3. The van der Waals surface area contributed by atoms with Crippen molar-refractivity contribution in [3.05, 3.63) is 53.0 Å². The van der Waals surface area contributed by atoms with E-state index in [2.05, 4.69) is 10.3 Å². The van der Waals surface area contributed by atoms with E-state index >= 15 is 0 Å². The third-order valence-electron chi connectivity index (χ3n) is 5.82. The number of nitrogens with zero attached hydrogens (tertiary/aromatic N) is 3. The molecule has 2 aliphatic rings. The molecule has 1 atom stereocenters. The zero-order valence-electron chi connectivity index (χ0n) is 18.2. The Balaban J connectivity index is 1.30. The fraction of sp³-hybridized carbons (Fsp3) is 0.304. The molecule has 0 unspecified atom stereocenters. The number of urea groups is 1. The molecule has 33 heavy (non-hydrogen) atoms. The number of fused-ring (bicyclic) bond motifs is 2. The third kappa shape index (κ3) is 3.76. The second-order valence-electron chi connectivity index (χ2n) is 8.13. The lowest BCUT2D eigenvalue weighted by molar-refractivity contribution is -0.138. The molecule has 0 aliphatic carbocycles. The van der Waals surface area contributed by atoms with Gasteiger partial charge in [0, 0.05) is 7.05 Å². The van der Waals surface area contributed by atoms with Gasteiger partial charge in [-0.05, 0) is 36.8 Å². The highest BCUT2D eigenvalue weighted by Gasteiger charge is 2.50. The summed E-state index contributed by atoms with van der Waals surface area (Å²) in [7, 11) is 1.63. The summed E-state index contributed by atoms with van der Waals surface area (Å²) in [6.07, 6.45) is 0. The van der Waals surface area contributed by atoms with Crippen molar-refractivity contribution in [3.63, 3.8) is 0 Å². The number of ether oxygens (including phenoxy) is 2. The van der Waals surface area contributed by atoms with E-state index in [-0.39, 0.29) is 12.5 Å². The highest BCUT2D eigenvalue weighted by molar-refractivity contribution is 7.18. The van der Waals surface area contributed by atoms with Crippen LogP contribution in [-0.2, 0) is 21.7 Å². The van der Waals surface area contributed by atoms with E-state index in [9.17, 15) is 14.4 Å². The fourth-order valence-electron chi connectivity index (χ4n) is 3.93. The number of aromatic nitrogens is 1. The molecule has 1 saturated heterocycles. The summed E-state index contributed by atoms with van der Waals surface area (Å²) in [4.78, 5) is 45.7. The number of hydrogen-bond acceptors (Lipinski definition) is 7. The minimum absolute atomic E-state index is 0.293. The molecule has 0 saturated carbocycles. The molecule has 1 aromatic heterocycles. The van der Waals surface area contributed by atoms with Gasteiger partial charge in [-0.25, -0.2) is 9.78 Å². The first-order valence-corrected chi connectivity index (χ1v) is 11.3. The first-order chi connectivity index (χ1) is 15.8. The van der Waals surface area contributed by atoms with Gasteiger partial charge in [0.25, 0.3) is 5.91 Å². The Kier molecular flexibility index (Phi) is 5.16. The van der Waals surface area contributed by atoms with Crippen molar-refractivity contribution in [2.75, 3.05) is 26.8 Å². The molecule has 2 aliphatic heterocycles.